The molecule has 0 bridgehead atoms. The fraction of sp³-hybridized carbons (Fsp3) is 0.444. The minimum Gasteiger partial charge on any atom is -0.370 e. The molecule has 1 atom stereocenters. The van der Waals surface area contributed by atoms with Gasteiger partial charge in [-0.2, -0.15) is 0 Å². The van der Waals surface area contributed by atoms with Gasteiger partial charge in [0.1, 0.15) is 11.6 Å². The number of nitrogens with zero attached hydrogens (tertiary/aromatic N) is 2. The molecule has 1 aliphatic carbocycles. The molecule has 0 fully saturated rings. The molecular weight excluding hydrogens is 258 g/mol. The molecule has 0 spiro atoms. The van der Waals surface area contributed by atoms with Gasteiger partial charge in [0.15, 0.2) is 0 Å². The van der Waals surface area contributed by atoms with Crippen molar-refractivity contribution in [1.29, 1.82) is 0 Å². The van der Waals surface area contributed by atoms with E-state index in [1.54, 1.807) is 0 Å². The van der Waals surface area contributed by atoms with Gasteiger partial charge >= 0.3 is 0 Å². The Kier molecular flexibility index (Phi) is 4.18. The van der Waals surface area contributed by atoms with Crippen LogP contribution in [0.1, 0.15) is 55.3 Å². The van der Waals surface area contributed by atoms with Crippen LogP contribution in [0.4, 0.5) is 5.82 Å². The topological polar surface area (TPSA) is 37.8 Å². The third kappa shape index (κ3) is 2.92. The van der Waals surface area contributed by atoms with Crippen molar-refractivity contribution in [2.45, 2.75) is 45.4 Å². The number of aryl methyl sites for hydroxylation is 2. The van der Waals surface area contributed by atoms with E-state index in [9.17, 15) is 0 Å². The van der Waals surface area contributed by atoms with Gasteiger partial charge in [-0.05, 0) is 36.8 Å². The highest BCUT2D eigenvalue weighted by molar-refractivity contribution is 5.42. The first-order valence-electron chi connectivity index (χ1n) is 8.01. The molecule has 1 aliphatic rings. The van der Waals surface area contributed by atoms with E-state index in [0.717, 1.165) is 49.6 Å². The standard InChI is InChI=1S/C18H23N3/c1-3-11-19-17-12-14(4-2)20-18(21-17)16-10-9-13-7-5-6-8-15(13)16/h5-8,12,16H,3-4,9-11H2,1-2H3,(H,19,20,21). The quantitative estimate of drug-likeness (QED) is 0.902. The molecule has 1 aromatic heterocycles. The molecule has 3 heteroatoms. The lowest BCUT2D eigenvalue weighted by Crippen LogP contribution is -2.10. The average Bonchev–Trinajstić information content (AvgIpc) is 2.96. The molecular formula is C18H23N3. The van der Waals surface area contributed by atoms with Crippen LogP contribution < -0.4 is 5.32 Å². The third-order valence-electron chi connectivity index (χ3n) is 4.16. The number of fused-ring (bicyclic) bond motifs is 1. The van der Waals surface area contributed by atoms with Crippen molar-refractivity contribution in [2.75, 3.05) is 11.9 Å². The maximum atomic E-state index is 4.79. The minimum atomic E-state index is 0.356. The Morgan fingerprint density at radius 1 is 1.19 bits per heavy atom. The van der Waals surface area contributed by atoms with Crippen molar-refractivity contribution in [1.82, 2.24) is 9.97 Å². The summed E-state index contributed by atoms with van der Waals surface area (Å²) in [6.07, 6.45) is 4.32. The van der Waals surface area contributed by atoms with E-state index in [4.69, 9.17) is 9.97 Å². The Morgan fingerprint density at radius 2 is 2.05 bits per heavy atom. The van der Waals surface area contributed by atoms with Crippen LogP contribution >= 0.6 is 0 Å². The van der Waals surface area contributed by atoms with Crippen molar-refractivity contribution in [3.05, 3.63) is 53.0 Å². The lowest BCUT2D eigenvalue weighted by molar-refractivity contribution is 0.719. The fourth-order valence-corrected chi connectivity index (χ4v) is 3.02. The highest BCUT2D eigenvalue weighted by Crippen LogP contribution is 2.36. The first-order chi connectivity index (χ1) is 10.3. The van der Waals surface area contributed by atoms with Crippen LogP contribution in [0, 0.1) is 0 Å². The van der Waals surface area contributed by atoms with Gasteiger partial charge in [-0.3, -0.25) is 0 Å². The van der Waals surface area contributed by atoms with Gasteiger partial charge in [0.2, 0.25) is 0 Å². The molecule has 1 unspecified atom stereocenters. The number of hydrogen-bond donors (Lipinski definition) is 1. The number of rotatable bonds is 5. The van der Waals surface area contributed by atoms with Crippen molar-refractivity contribution in [3.63, 3.8) is 0 Å². The van der Waals surface area contributed by atoms with E-state index in [-0.39, 0.29) is 0 Å². The Morgan fingerprint density at radius 3 is 2.86 bits per heavy atom. The number of hydrogen-bond acceptors (Lipinski definition) is 3. The number of nitrogens with one attached hydrogen (secondary N) is 1. The Labute approximate surface area is 126 Å². The van der Waals surface area contributed by atoms with Crippen LogP contribution in [0.15, 0.2) is 30.3 Å². The Bertz CT molecular complexity index is 622. The zero-order chi connectivity index (χ0) is 14.7. The van der Waals surface area contributed by atoms with Crippen LogP contribution in [0.25, 0.3) is 0 Å². The summed E-state index contributed by atoms with van der Waals surface area (Å²) in [4.78, 5) is 9.57. The molecule has 21 heavy (non-hydrogen) atoms. The Balaban J connectivity index is 1.95. The zero-order valence-electron chi connectivity index (χ0n) is 12.9. The maximum absolute atomic E-state index is 4.79. The van der Waals surface area contributed by atoms with Gasteiger partial charge < -0.3 is 5.32 Å². The van der Waals surface area contributed by atoms with Gasteiger partial charge in [-0.15, -0.1) is 0 Å². The number of anilines is 1. The summed E-state index contributed by atoms with van der Waals surface area (Å²) in [5.74, 6) is 2.32. The predicted octanol–water partition coefficient (Wildman–Crippen LogP) is 3.94. The summed E-state index contributed by atoms with van der Waals surface area (Å²) in [6, 6.07) is 10.8. The summed E-state index contributed by atoms with van der Waals surface area (Å²) in [6.45, 7) is 5.28. The normalized spacial score (nSPS) is 16.8. The van der Waals surface area contributed by atoms with Gasteiger partial charge in [0.05, 0.1) is 0 Å². The number of benzene rings is 1. The van der Waals surface area contributed by atoms with E-state index in [0.29, 0.717) is 5.92 Å². The van der Waals surface area contributed by atoms with Crippen molar-refractivity contribution >= 4 is 5.82 Å². The van der Waals surface area contributed by atoms with Gasteiger partial charge in [0, 0.05) is 24.2 Å². The molecule has 0 radical (unpaired) electrons. The molecule has 0 saturated heterocycles. The van der Waals surface area contributed by atoms with E-state index in [1.165, 1.54) is 11.1 Å². The highest BCUT2D eigenvalue weighted by Gasteiger charge is 2.26. The second kappa shape index (κ2) is 6.25. The van der Waals surface area contributed by atoms with E-state index in [2.05, 4.69) is 49.5 Å². The van der Waals surface area contributed by atoms with E-state index < -0.39 is 0 Å². The average molecular weight is 281 g/mol. The monoisotopic (exact) mass is 281 g/mol. The molecule has 2 aromatic rings. The van der Waals surface area contributed by atoms with Crippen molar-refractivity contribution < 1.29 is 0 Å². The smallest absolute Gasteiger partial charge is 0.138 e. The number of aromatic nitrogens is 2. The largest absolute Gasteiger partial charge is 0.370 e. The lowest BCUT2D eigenvalue weighted by Gasteiger charge is -2.14. The summed E-state index contributed by atoms with van der Waals surface area (Å²) in [5.41, 5.74) is 3.99. The van der Waals surface area contributed by atoms with Gasteiger partial charge in [-0.1, -0.05) is 38.1 Å². The zero-order valence-corrected chi connectivity index (χ0v) is 12.9. The maximum Gasteiger partial charge on any atom is 0.138 e. The van der Waals surface area contributed by atoms with Crippen LogP contribution in [-0.2, 0) is 12.8 Å². The summed E-state index contributed by atoms with van der Waals surface area (Å²) in [7, 11) is 0. The van der Waals surface area contributed by atoms with Crippen LogP contribution in [0.5, 0.6) is 0 Å². The van der Waals surface area contributed by atoms with Crippen LogP contribution in [0.2, 0.25) is 0 Å². The molecule has 1 heterocycles. The third-order valence-corrected chi connectivity index (χ3v) is 4.16. The first kappa shape index (κ1) is 14.1. The summed E-state index contributed by atoms with van der Waals surface area (Å²) >= 11 is 0. The van der Waals surface area contributed by atoms with Gasteiger partial charge in [-0.25, -0.2) is 9.97 Å². The molecule has 110 valence electrons. The fourth-order valence-electron chi connectivity index (χ4n) is 3.02. The highest BCUT2D eigenvalue weighted by atomic mass is 15.0. The van der Waals surface area contributed by atoms with E-state index >= 15 is 0 Å². The molecule has 0 amide bonds. The first-order valence-corrected chi connectivity index (χ1v) is 8.01. The second-order valence-electron chi connectivity index (χ2n) is 5.67. The van der Waals surface area contributed by atoms with Crippen LogP contribution in [-0.4, -0.2) is 16.5 Å². The second-order valence-corrected chi connectivity index (χ2v) is 5.67. The SMILES string of the molecule is CCCNc1cc(CC)nc(C2CCc3ccccc32)n1. The Hall–Kier alpha value is -1.90. The van der Waals surface area contributed by atoms with E-state index in [1.807, 2.05) is 0 Å². The summed E-state index contributed by atoms with van der Waals surface area (Å²) < 4.78 is 0. The molecule has 1 aromatic carbocycles. The molecule has 0 saturated carbocycles. The summed E-state index contributed by atoms with van der Waals surface area (Å²) in [5, 5.41) is 3.41. The lowest BCUT2D eigenvalue weighted by atomic mass is 10.0. The molecule has 0 aliphatic heterocycles. The minimum absolute atomic E-state index is 0.356. The predicted molar refractivity (Wildman–Crippen MR) is 86.8 cm³/mol. The molecule has 3 nitrogen and oxygen atoms in total. The van der Waals surface area contributed by atoms with Gasteiger partial charge in [0.25, 0.3) is 0 Å². The van der Waals surface area contributed by atoms with Crippen molar-refractivity contribution in [3.8, 4) is 0 Å². The van der Waals surface area contributed by atoms with Crippen molar-refractivity contribution in [2.24, 2.45) is 0 Å². The molecule has 3 rings (SSSR count). The molecule has 1 N–H and O–H groups in total. The van der Waals surface area contributed by atoms with Crippen LogP contribution in [0.3, 0.4) is 0 Å².